The Balaban J connectivity index is 1.79. The molecule has 86 valence electrons. The normalized spacial score (nSPS) is 33.8. The Bertz CT molecular complexity index is 226. The summed E-state index contributed by atoms with van der Waals surface area (Å²) in [5, 5.41) is 6.47. The molecule has 2 aliphatic rings. The SMILES string of the molecule is CC1CN(CC2CCCCN2)CC(=O)N1. The van der Waals surface area contributed by atoms with E-state index in [9.17, 15) is 4.79 Å². The molecule has 0 spiro atoms. The summed E-state index contributed by atoms with van der Waals surface area (Å²) in [5.74, 6) is 0.171. The Morgan fingerprint density at radius 3 is 3.00 bits per heavy atom. The van der Waals surface area contributed by atoms with Crippen molar-refractivity contribution in [1.82, 2.24) is 15.5 Å². The highest BCUT2D eigenvalue weighted by Gasteiger charge is 2.24. The van der Waals surface area contributed by atoms with E-state index in [-0.39, 0.29) is 5.91 Å². The number of carbonyl (C=O) groups is 1. The molecule has 2 rings (SSSR count). The summed E-state index contributed by atoms with van der Waals surface area (Å²) in [7, 11) is 0. The quantitative estimate of drug-likeness (QED) is 0.673. The van der Waals surface area contributed by atoms with Crippen LogP contribution < -0.4 is 10.6 Å². The summed E-state index contributed by atoms with van der Waals surface area (Å²) in [5.41, 5.74) is 0. The standard InChI is InChI=1S/C11H21N3O/c1-9-6-14(8-11(15)13-9)7-10-4-2-3-5-12-10/h9-10,12H,2-8H2,1H3,(H,13,15). The molecule has 0 aromatic heterocycles. The molecular formula is C11H21N3O. The average Bonchev–Trinajstić information content (AvgIpc) is 2.17. The highest BCUT2D eigenvalue weighted by molar-refractivity contribution is 5.79. The first-order chi connectivity index (χ1) is 7.24. The van der Waals surface area contributed by atoms with Crippen molar-refractivity contribution in [2.45, 2.75) is 38.3 Å². The van der Waals surface area contributed by atoms with Crippen LogP contribution in [0.1, 0.15) is 26.2 Å². The van der Waals surface area contributed by atoms with Crippen LogP contribution in [0.3, 0.4) is 0 Å². The predicted molar refractivity (Wildman–Crippen MR) is 59.7 cm³/mol. The van der Waals surface area contributed by atoms with Crippen LogP contribution in [0.4, 0.5) is 0 Å². The van der Waals surface area contributed by atoms with Gasteiger partial charge in [0, 0.05) is 25.2 Å². The lowest BCUT2D eigenvalue weighted by molar-refractivity contribution is -0.125. The number of piperazine rings is 1. The van der Waals surface area contributed by atoms with E-state index in [0.29, 0.717) is 18.6 Å². The molecule has 2 fully saturated rings. The first-order valence-corrected chi connectivity index (χ1v) is 5.99. The Morgan fingerprint density at radius 2 is 2.33 bits per heavy atom. The van der Waals surface area contributed by atoms with Crippen molar-refractivity contribution >= 4 is 5.91 Å². The number of amides is 1. The Hall–Kier alpha value is -0.610. The van der Waals surface area contributed by atoms with Gasteiger partial charge in [-0.15, -0.1) is 0 Å². The average molecular weight is 211 g/mol. The van der Waals surface area contributed by atoms with E-state index in [1.807, 2.05) is 0 Å². The van der Waals surface area contributed by atoms with Crippen LogP contribution in [0.2, 0.25) is 0 Å². The van der Waals surface area contributed by atoms with Gasteiger partial charge in [0.1, 0.15) is 0 Å². The Kier molecular flexibility index (Phi) is 3.59. The largest absolute Gasteiger partial charge is 0.351 e. The lowest BCUT2D eigenvalue weighted by atomic mass is 10.0. The van der Waals surface area contributed by atoms with Crippen molar-refractivity contribution in [2.75, 3.05) is 26.2 Å². The van der Waals surface area contributed by atoms with Gasteiger partial charge in [-0.05, 0) is 26.3 Å². The van der Waals surface area contributed by atoms with Crippen LogP contribution in [0.25, 0.3) is 0 Å². The smallest absolute Gasteiger partial charge is 0.234 e. The van der Waals surface area contributed by atoms with Gasteiger partial charge < -0.3 is 10.6 Å². The maximum absolute atomic E-state index is 11.4. The van der Waals surface area contributed by atoms with Crippen LogP contribution in [0, 0.1) is 0 Å². The lowest BCUT2D eigenvalue weighted by Gasteiger charge is -2.35. The maximum Gasteiger partial charge on any atom is 0.234 e. The highest BCUT2D eigenvalue weighted by atomic mass is 16.2. The number of nitrogens with zero attached hydrogens (tertiary/aromatic N) is 1. The zero-order valence-electron chi connectivity index (χ0n) is 9.46. The lowest BCUT2D eigenvalue weighted by Crippen LogP contribution is -2.56. The third kappa shape index (κ3) is 3.18. The minimum atomic E-state index is 0.171. The molecule has 0 bridgehead atoms. The molecule has 0 aromatic rings. The second-order valence-electron chi connectivity index (χ2n) is 4.81. The van der Waals surface area contributed by atoms with E-state index in [0.717, 1.165) is 19.6 Å². The van der Waals surface area contributed by atoms with Crippen molar-refractivity contribution in [3.63, 3.8) is 0 Å². The molecule has 2 N–H and O–H groups in total. The van der Waals surface area contributed by atoms with Gasteiger partial charge >= 0.3 is 0 Å². The fraction of sp³-hybridized carbons (Fsp3) is 0.909. The number of nitrogens with one attached hydrogen (secondary N) is 2. The predicted octanol–water partition coefficient (Wildman–Crippen LogP) is -0.0512. The van der Waals surface area contributed by atoms with Gasteiger partial charge in [0.2, 0.25) is 5.91 Å². The zero-order valence-corrected chi connectivity index (χ0v) is 9.46. The molecule has 2 unspecified atom stereocenters. The molecule has 2 atom stereocenters. The Labute approximate surface area is 91.4 Å². The van der Waals surface area contributed by atoms with Crippen LogP contribution in [0.15, 0.2) is 0 Å². The molecule has 15 heavy (non-hydrogen) atoms. The summed E-state index contributed by atoms with van der Waals surface area (Å²) >= 11 is 0. The molecular weight excluding hydrogens is 190 g/mol. The van der Waals surface area contributed by atoms with Crippen LogP contribution in [0.5, 0.6) is 0 Å². The fourth-order valence-electron chi connectivity index (χ4n) is 2.55. The molecule has 1 amide bonds. The number of hydrogen-bond acceptors (Lipinski definition) is 3. The number of hydrogen-bond donors (Lipinski definition) is 2. The van der Waals surface area contributed by atoms with Crippen molar-refractivity contribution in [3.8, 4) is 0 Å². The minimum Gasteiger partial charge on any atom is -0.351 e. The highest BCUT2D eigenvalue weighted by Crippen LogP contribution is 2.09. The first kappa shape index (κ1) is 10.9. The molecule has 4 heteroatoms. The van der Waals surface area contributed by atoms with Crippen molar-refractivity contribution in [3.05, 3.63) is 0 Å². The summed E-state index contributed by atoms with van der Waals surface area (Å²) in [4.78, 5) is 13.6. The molecule has 0 aromatic carbocycles. The number of carbonyl (C=O) groups excluding carboxylic acids is 1. The molecule has 4 nitrogen and oxygen atoms in total. The summed E-state index contributed by atoms with van der Waals surface area (Å²) in [6.07, 6.45) is 3.88. The second kappa shape index (κ2) is 4.94. The summed E-state index contributed by atoms with van der Waals surface area (Å²) in [6, 6.07) is 0.895. The van der Waals surface area contributed by atoms with Crippen molar-refractivity contribution in [1.29, 1.82) is 0 Å². The maximum atomic E-state index is 11.4. The van der Waals surface area contributed by atoms with Crippen LogP contribution >= 0.6 is 0 Å². The van der Waals surface area contributed by atoms with E-state index < -0.39 is 0 Å². The number of rotatable bonds is 2. The van der Waals surface area contributed by atoms with E-state index >= 15 is 0 Å². The van der Waals surface area contributed by atoms with E-state index in [4.69, 9.17) is 0 Å². The van der Waals surface area contributed by atoms with Gasteiger partial charge in [0.15, 0.2) is 0 Å². The van der Waals surface area contributed by atoms with E-state index in [1.165, 1.54) is 19.3 Å². The molecule has 0 aliphatic carbocycles. The minimum absolute atomic E-state index is 0.171. The van der Waals surface area contributed by atoms with Gasteiger partial charge in [-0.3, -0.25) is 9.69 Å². The summed E-state index contributed by atoms with van der Waals surface area (Å²) in [6.45, 7) is 5.79. The molecule has 2 heterocycles. The van der Waals surface area contributed by atoms with Crippen LogP contribution in [-0.2, 0) is 4.79 Å². The molecule has 0 saturated carbocycles. The van der Waals surface area contributed by atoms with Gasteiger partial charge in [-0.2, -0.15) is 0 Å². The first-order valence-electron chi connectivity index (χ1n) is 5.99. The molecule has 2 aliphatic heterocycles. The van der Waals surface area contributed by atoms with Gasteiger partial charge in [-0.1, -0.05) is 6.42 Å². The zero-order chi connectivity index (χ0) is 10.7. The summed E-state index contributed by atoms with van der Waals surface area (Å²) < 4.78 is 0. The van der Waals surface area contributed by atoms with Crippen LogP contribution in [-0.4, -0.2) is 49.1 Å². The third-order valence-electron chi connectivity index (χ3n) is 3.20. The number of piperidine rings is 1. The Morgan fingerprint density at radius 1 is 1.47 bits per heavy atom. The van der Waals surface area contributed by atoms with Gasteiger partial charge in [0.05, 0.1) is 6.54 Å². The van der Waals surface area contributed by atoms with E-state index in [1.54, 1.807) is 0 Å². The fourth-order valence-corrected chi connectivity index (χ4v) is 2.55. The van der Waals surface area contributed by atoms with Gasteiger partial charge in [0.25, 0.3) is 0 Å². The monoisotopic (exact) mass is 211 g/mol. The molecule has 2 saturated heterocycles. The van der Waals surface area contributed by atoms with E-state index in [2.05, 4.69) is 22.5 Å². The van der Waals surface area contributed by atoms with Gasteiger partial charge in [-0.25, -0.2) is 0 Å². The van der Waals surface area contributed by atoms with Crippen molar-refractivity contribution in [2.24, 2.45) is 0 Å². The second-order valence-corrected chi connectivity index (χ2v) is 4.81. The van der Waals surface area contributed by atoms with Crippen molar-refractivity contribution < 1.29 is 4.79 Å². The third-order valence-corrected chi connectivity index (χ3v) is 3.20. The topological polar surface area (TPSA) is 44.4 Å². The molecule has 0 radical (unpaired) electrons.